The van der Waals surface area contributed by atoms with Gasteiger partial charge < -0.3 is 16.2 Å². The van der Waals surface area contributed by atoms with E-state index >= 15 is 0 Å². The van der Waals surface area contributed by atoms with Crippen molar-refractivity contribution in [2.24, 2.45) is 11.7 Å². The van der Waals surface area contributed by atoms with Crippen molar-refractivity contribution in [2.75, 3.05) is 6.54 Å². The molecule has 2 unspecified atom stereocenters. The van der Waals surface area contributed by atoms with Gasteiger partial charge in [-0.05, 0) is 12.8 Å². The first-order chi connectivity index (χ1) is 11.2. The molecule has 2 atom stereocenters. The van der Waals surface area contributed by atoms with E-state index < -0.39 is 30.1 Å². The Labute approximate surface area is 142 Å². The second-order valence-electron chi connectivity index (χ2n) is 5.76. The summed E-state index contributed by atoms with van der Waals surface area (Å²) >= 11 is 0. The van der Waals surface area contributed by atoms with Gasteiger partial charge in [0.1, 0.15) is 0 Å². The first kappa shape index (κ1) is 22.1. The summed E-state index contributed by atoms with van der Waals surface area (Å²) in [5.74, 6) is -2.99. The molecule has 0 spiro atoms. The molecule has 0 bridgehead atoms. The van der Waals surface area contributed by atoms with Crippen LogP contribution in [0.5, 0.6) is 0 Å². The molecule has 0 saturated carbocycles. The van der Waals surface area contributed by atoms with Gasteiger partial charge >= 0.3 is 11.9 Å². The zero-order valence-corrected chi connectivity index (χ0v) is 14.6. The maximum absolute atomic E-state index is 12.1. The summed E-state index contributed by atoms with van der Waals surface area (Å²) in [5.41, 5.74) is 2.91. The van der Waals surface area contributed by atoms with Crippen LogP contribution in [-0.2, 0) is 24.2 Å². The largest absolute Gasteiger partial charge is 0.407 e. The molecule has 8 heteroatoms. The number of rotatable bonds is 10. The third-order valence-electron chi connectivity index (χ3n) is 3.54. The minimum Gasteiger partial charge on any atom is -0.362 e. The van der Waals surface area contributed by atoms with Crippen molar-refractivity contribution in [3.8, 4) is 0 Å². The molecule has 0 rings (SSSR count). The highest BCUT2D eigenvalue weighted by atomic mass is 17.2. The van der Waals surface area contributed by atoms with Gasteiger partial charge in [0.15, 0.2) is 0 Å². The Hall–Kier alpha value is -1.93. The number of nitrogens with one attached hydrogen (secondary N) is 1. The van der Waals surface area contributed by atoms with Gasteiger partial charge in [-0.3, -0.25) is 4.79 Å². The number of unbranched alkanes of at least 4 members (excludes halogenated alkanes) is 1. The second kappa shape index (κ2) is 10.8. The fourth-order valence-corrected chi connectivity index (χ4v) is 2.04. The lowest BCUT2D eigenvalue weighted by atomic mass is 9.90. The average molecular weight is 344 g/mol. The summed E-state index contributed by atoms with van der Waals surface area (Å²) in [6.07, 6.45) is 3.27. The molecule has 0 saturated heterocycles. The smallest absolute Gasteiger partial charge is 0.362 e. The lowest BCUT2D eigenvalue weighted by molar-refractivity contribution is -0.270. The highest BCUT2D eigenvalue weighted by Gasteiger charge is 2.42. The van der Waals surface area contributed by atoms with E-state index in [1.54, 1.807) is 0 Å². The van der Waals surface area contributed by atoms with E-state index in [1.165, 1.54) is 6.92 Å². The van der Waals surface area contributed by atoms with E-state index in [-0.39, 0.29) is 17.9 Å². The van der Waals surface area contributed by atoms with E-state index in [4.69, 9.17) is 5.73 Å². The molecular formula is C16H28N2O6. The first-order valence-corrected chi connectivity index (χ1v) is 8.02. The normalized spacial score (nSPS) is 14.2. The summed E-state index contributed by atoms with van der Waals surface area (Å²) in [5, 5.41) is 12.7. The molecule has 0 aliphatic carbocycles. The van der Waals surface area contributed by atoms with Crippen LogP contribution < -0.4 is 11.1 Å². The Bertz CT molecular complexity index is 465. The van der Waals surface area contributed by atoms with Gasteiger partial charge in [-0.15, -0.1) is 0 Å². The van der Waals surface area contributed by atoms with E-state index in [0.717, 1.165) is 19.3 Å². The SMILES string of the molecule is C=C(C)C(=O)OOC(=O)C(O)(CC(CC)CCCC)NC(=O)CN. The van der Waals surface area contributed by atoms with Crippen LogP contribution in [0.2, 0.25) is 0 Å². The maximum atomic E-state index is 12.1. The molecule has 0 aliphatic rings. The highest BCUT2D eigenvalue weighted by Crippen LogP contribution is 2.24. The summed E-state index contributed by atoms with van der Waals surface area (Å²) in [6, 6.07) is 0. The van der Waals surface area contributed by atoms with Crippen molar-refractivity contribution in [3.05, 3.63) is 12.2 Å². The Balaban J connectivity index is 5.09. The van der Waals surface area contributed by atoms with E-state index in [9.17, 15) is 19.5 Å². The number of aliphatic hydroxyl groups is 1. The third-order valence-corrected chi connectivity index (χ3v) is 3.54. The highest BCUT2D eigenvalue weighted by molar-refractivity contribution is 5.89. The molecule has 0 radical (unpaired) electrons. The predicted octanol–water partition coefficient (Wildman–Crippen LogP) is 0.934. The van der Waals surface area contributed by atoms with Crippen LogP contribution in [0.25, 0.3) is 0 Å². The van der Waals surface area contributed by atoms with Crippen LogP contribution >= 0.6 is 0 Å². The Kier molecular flexibility index (Phi) is 9.91. The standard InChI is InChI=1S/C16H28N2O6/c1-5-7-8-12(6-2)9-16(22,18-13(19)10-17)15(21)24-23-14(20)11(3)4/h12,22H,3,5-10,17H2,1-2,4H3,(H,18,19). The fraction of sp³-hybridized carbons (Fsp3) is 0.688. The van der Waals surface area contributed by atoms with Crippen molar-refractivity contribution < 1.29 is 29.3 Å². The minimum atomic E-state index is -2.32. The third kappa shape index (κ3) is 7.56. The van der Waals surface area contributed by atoms with Crippen molar-refractivity contribution in [1.29, 1.82) is 0 Å². The van der Waals surface area contributed by atoms with Gasteiger partial charge in [-0.2, -0.15) is 0 Å². The van der Waals surface area contributed by atoms with Crippen molar-refractivity contribution >= 4 is 17.8 Å². The van der Waals surface area contributed by atoms with Crippen molar-refractivity contribution in [2.45, 2.75) is 58.6 Å². The van der Waals surface area contributed by atoms with E-state index in [1.807, 2.05) is 13.8 Å². The van der Waals surface area contributed by atoms with Crippen LogP contribution in [0.1, 0.15) is 52.9 Å². The first-order valence-electron chi connectivity index (χ1n) is 8.02. The molecule has 138 valence electrons. The van der Waals surface area contributed by atoms with Crippen LogP contribution in [0.4, 0.5) is 0 Å². The molecule has 0 aliphatic heterocycles. The van der Waals surface area contributed by atoms with Crippen LogP contribution in [0.3, 0.4) is 0 Å². The molecule has 24 heavy (non-hydrogen) atoms. The van der Waals surface area contributed by atoms with Crippen LogP contribution in [0.15, 0.2) is 12.2 Å². The van der Waals surface area contributed by atoms with Gasteiger partial charge in [0.2, 0.25) is 11.6 Å². The minimum absolute atomic E-state index is 0.0201. The Morgan fingerprint density at radius 1 is 1.29 bits per heavy atom. The number of carbonyl (C=O) groups is 3. The molecule has 0 fully saturated rings. The Morgan fingerprint density at radius 3 is 2.38 bits per heavy atom. The molecule has 4 N–H and O–H groups in total. The topological polar surface area (TPSA) is 128 Å². The number of carbonyl (C=O) groups excluding carboxylic acids is 3. The lowest BCUT2D eigenvalue weighted by Crippen LogP contribution is -2.57. The molecule has 0 heterocycles. The second-order valence-corrected chi connectivity index (χ2v) is 5.76. The van der Waals surface area contributed by atoms with Gasteiger partial charge in [0.25, 0.3) is 0 Å². The summed E-state index contributed by atoms with van der Waals surface area (Å²) < 4.78 is 0. The molecule has 8 nitrogen and oxygen atoms in total. The Morgan fingerprint density at radius 2 is 1.92 bits per heavy atom. The molecule has 0 aromatic rings. The summed E-state index contributed by atoms with van der Waals surface area (Å²) in [4.78, 5) is 43.6. The lowest BCUT2D eigenvalue weighted by Gasteiger charge is -2.29. The number of nitrogens with two attached hydrogens (primary N) is 1. The summed E-state index contributed by atoms with van der Waals surface area (Å²) in [6.45, 7) is 8.24. The maximum Gasteiger partial charge on any atom is 0.407 e. The van der Waals surface area contributed by atoms with E-state index in [2.05, 4.69) is 21.7 Å². The molecular weight excluding hydrogens is 316 g/mol. The molecule has 0 aromatic carbocycles. The molecule has 0 aromatic heterocycles. The van der Waals surface area contributed by atoms with Crippen LogP contribution in [0, 0.1) is 5.92 Å². The van der Waals surface area contributed by atoms with Gasteiger partial charge in [-0.25, -0.2) is 19.4 Å². The van der Waals surface area contributed by atoms with Crippen molar-refractivity contribution in [3.63, 3.8) is 0 Å². The average Bonchev–Trinajstić information content (AvgIpc) is 2.55. The predicted molar refractivity (Wildman–Crippen MR) is 87.1 cm³/mol. The number of hydrogen-bond donors (Lipinski definition) is 3. The van der Waals surface area contributed by atoms with Gasteiger partial charge in [-0.1, -0.05) is 46.1 Å². The van der Waals surface area contributed by atoms with Crippen LogP contribution in [-0.4, -0.2) is 35.2 Å². The van der Waals surface area contributed by atoms with Gasteiger partial charge in [0, 0.05) is 12.0 Å². The zero-order valence-electron chi connectivity index (χ0n) is 14.6. The van der Waals surface area contributed by atoms with E-state index in [0.29, 0.717) is 6.42 Å². The fourth-order valence-electron chi connectivity index (χ4n) is 2.04. The molecule has 1 amide bonds. The number of hydrogen-bond acceptors (Lipinski definition) is 7. The van der Waals surface area contributed by atoms with Gasteiger partial charge in [0.05, 0.1) is 6.54 Å². The monoisotopic (exact) mass is 344 g/mol. The summed E-state index contributed by atoms with van der Waals surface area (Å²) in [7, 11) is 0. The quantitative estimate of drug-likeness (QED) is 0.233. The zero-order chi connectivity index (χ0) is 18.8. The number of amides is 1. The van der Waals surface area contributed by atoms with Crippen molar-refractivity contribution in [1.82, 2.24) is 5.32 Å².